The summed E-state index contributed by atoms with van der Waals surface area (Å²) in [6, 6.07) is 19.5. The van der Waals surface area contributed by atoms with E-state index >= 15 is 0 Å². The monoisotopic (exact) mass is 794 g/mol. The Morgan fingerprint density at radius 3 is 1.21 bits per heavy atom. The highest BCUT2D eigenvalue weighted by molar-refractivity contribution is 5.94. The van der Waals surface area contributed by atoms with Crippen LogP contribution in [0.5, 0.6) is 34.5 Å². The van der Waals surface area contributed by atoms with E-state index in [-0.39, 0.29) is 70.0 Å². The van der Waals surface area contributed by atoms with Crippen molar-refractivity contribution < 1.29 is 76.1 Å². The van der Waals surface area contributed by atoms with Crippen LogP contribution in [0.1, 0.15) is 41.4 Å². The predicted molar refractivity (Wildman–Crippen MR) is 198 cm³/mol. The molecule has 0 amide bonds. The van der Waals surface area contributed by atoms with Gasteiger partial charge in [0.15, 0.2) is 35.2 Å². The van der Waals surface area contributed by atoms with Crippen molar-refractivity contribution in [3.8, 4) is 34.5 Å². The van der Waals surface area contributed by atoms with Crippen molar-refractivity contribution in [2.24, 2.45) is 0 Å². The van der Waals surface area contributed by atoms with Crippen molar-refractivity contribution in [3.05, 3.63) is 132 Å². The van der Waals surface area contributed by atoms with E-state index in [4.69, 9.17) is 47.4 Å². The minimum atomic E-state index is -0.842. The van der Waals surface area contributed by atoms with Gasteiger partial charge in [0.1, 0.15) is 23.7 Å². The molecule has 2 heterocycles. The van der Waals surface area contributed by atoms with Crippen LogP contribution in [0.4, 0.5) is 0 Å². The molecule has 2 saturated heterocycles. The fourth-order valence-corrected chi connectivity index (χ4v) is 5.75. The summed E-state index contributed by atoms with van der Waals surface area (Å²) in [6.45, 7) is 6.58. The molecule has 0 saturated carbocycles. The van der Waals surface area contributed by atoms with Gasteiger partial charge in [0.25, 0.3) is 0 Å². The first kappa shape index (κ1) is 40.4. The lowest BCUT2D eigenvalue weighted by Gasteiger charge is -2.18. The zero-order valence-electron chi connectivity index (χ0n) is 30.9. The van der Waals surface area contributed by atoms with Crippen LogP contribution in [0.15, 0.2) is 110 Å². The normalized spacial score (nSPS) is 17.8. The Kier molecular flexibility index (Phi) is 12.6. The molecule has 2 aliphatic heterocycles. The molecule has 2 fully saturated rings. The maximum absolute atomic E-state index is 13.2. The van der Waals surface area contributed by atoms with Gasteiger partial charge in [-0.15, -0.1) is 0 Å². The van der Waals surface area contributed by atoms with E-state index in [2.05, 4.69) is 13.2 Å². The van der Waals surface area contributed by atoms with Crippen LogP contribution in [0.2, 0.25) is 0 Å². The second-order valence-electron chi connectivity index (χ2n) is 12.3. The molecule has 16 heteroatoms. The molecule has 2 aliphatic rings. The summed E-state index contributed by atoms with van der Waals surface area (Å²) < 4.78 is 54.7. The quantitative estimate of drug-likeness (QED) is 0.0952. The molecular formula is C42H34O16. The fraction of sp³-hybridized carbons (Fsp3) is 0.190. The third kappa shape index (κ3) is 9.38. The maximum Gasteiger partial charge on any atom is 0.343 e. The predicted octanol–water partition coefficient (Wildman–Crippen LogP) is 4.87. The van der Waals surface area contributed by atoms with Crippen molar-refractivity contribution in [2.75, 3.05) is 27.4 Å². The van der Waals surface area contributed by atoms with E-state index in [1.54, 1.807) is 0 Å². The molecule has 0 N–H and O–H groups in total. The van der Waals surface area contributed by atoms with Crippen LogP contribution in [-0.4, -0.2) is 87.7 Å². The summed E-state index contributed by atoms with van der Waals surface area (Å²) >= 11 is 0. The topological polar surface area (TPSA) is 195 Å². The smallest absolute Gasteiger partial charge is 0.343 e. The van der Waals surface area contributed by atoms with Crippen molar-refractivity contribution >= 4 is 35.8 Å². The van der Waals surface area contributed by atoms with Gasteiger partial charge < -0.3 is 47.4 Å². The average molecular weight is 795 g/mol. The molecular weight excluding hydrogens is 760 g/mol. The van der Waals surface area contributed by atoms with E-state index in [1.165, 1.54) is 99.1 Å². The molecule has 4 aromatic carbocycles. The summed E-state index contributed by atoms with van der Waals surface area (Å²) in [5, 5.41) is 0. The molecule has 16 nitrogen and oxygen atoms in total. The lowest BCUT2D eigenvalue weighted by Crippen LogP contribution is -2.36. The van der Waals surface area contributed by atoms with E-state index in [9.17, 15) is 28.8 Å². The maximum atomic E-state index is 13.2. The average Bonchev–Trinajstić information content (AvgIpc) is 3.83. The number of ether oxygens (including phenoxy) is 10. The molecule has 0 unspecified atom stereocenters. The number of hydrogen-bond acceptors (Lipinski definition) is 16. The van der Waals surface area contributed by atoms with E-state index in [0.717, 1.165) is 12.2 Å². The van der Waals surface area contributed by atoms with E-state index < -0.39 is 60.2 Å². The Morgan fingerprint density at radius 1 is 0.500 bits per heavy atom. The molecule has 0 aromatic heterocycles. The van der Waals surface area contributed by atoms with Gasteiger partial charge in [0, 0.05) is 12.2 Å². The summed E-state index contributed by atoms with van der Waals surface area (Å²) in [6.07, 6.45) is -1.15. The SMILES string of the molecule is C=CC(=O)Oc1ccc(C(=O)Oc2ccc(C(=O)O[C@@H]3CO[C@@H]4[C@H]3OC[C@H]4OC(=O)c3ccc(OC(=O)c4ccc(OC(=O)C=C)cc4)c(OC)c3)cc2OC)cc1. The van der Waals surface area contributed by atoms with Crippen LogP contribution in [0.25, 0.3) is 0 Å². The summed E-state index contributed by atoms with van der Waals surface area (Å²) in [4.78, 5) is 74.7. The number of carbonyl (C=O) groups is 6. The lowest BCUT2D eigenvalue weighted by molar-refractivity contribution is -0.129. The van der Waals surface area contributed by atoms with Gasteiger partial charge in [-0.05, 0) is 84.9 Å². The number of fused-ring (bicyclic) bond motifs is 1. The van der Waals surface area contributed by atoms with Gasteiger partial charge in [0.2, 0.25) is 0 Å². The van der Waals surface area contributed by atoms with Crippen LogP contribution < -0.4 is 28.4 Å². The number of benzene rings is 4. The molecule has 4 atom stereocenters. The van der Waals surface area contributed by atoms with E-state index in [0.29, 0.717) is 0 Å². The first-order chi connectivity index (χ1) is 28.0. The minimum Gasteiger partial charge on any atom is -0.493 e. The first-order valence-corrected chi connectivity index (χ1v) is 17.3. The standard InChI is InChI=1S/C42H34O16/c1-5-35(43)53-27-13-7-23(8-14-27)39(45)55-29-17-11-25(19-31(29)49-3)41(47)57-33-21-51-38-34(22-52-37(33)38)58-42(48)26-12-18-30(32(20-26)50-4)56-40(46)24-9-15-28(16-10-24)54-36(44)6-2/h5-20,33-34,37-38H,1-2,21-22H2,3-4H3/t33-,34-,37+,38+/m1/s1. The third-order valence-corrected chi connectivity index (χ3v) is 8.63. The highest BCUT2D eigenvalue weighted by atomic mass is 16.7. The van der Waals surface area contributed by atoms with Gasteiger partial charge in [-0.25, -0.2) is 28.8 Å². The second-order valence-corrected chi connectivity index (χ2v) is 12.3. The van der Waals surface area contributed by atoms with Crippen LogP contribution in [0.3, 0.4) is 0 Å². The molecule has 4 aromatic rings. The van der Waals surface area contributed by atoms with Crippen LogP contribution in [-0.2, 0) is 28.5 Å². The fourth-order valence-electron chi connectivity index (χ4n) is 5.75. The largest absolute Gasteiger partial charge is 0.493 e. The molecule has 298 valence electrons. The van der Waals surface area contributed by atoms with Crippen molar-refractivity contribution in [3.63, 3.8) is 0 Å². The Balaban J connectivity index is 1.02. The Bertz CT molecular complexity index is 2090. The molecule has 0 spiro atoms. The summed E-state index contributed by atoms with van der Waals surface area (Å²) in [5.41, 5.74) is 0.490. The highest BCUT2D eigenvalue weighted by Gasteiger charge is 2.51. The molecule has 0 radical (unpaired) electrons. The molecule has 58 heavy (non-hydrogen) atoms. The van der Waals surface area contributed by atoms with Gasteiger partial charge in [-0.2, -0.15) is 0 Å². The van der Waals surface area contributed by atoms with Gasteiger partial charge in [-0.3, -0.25) is 0 Å². The van der Waals surface area contributed by atoms with Crippen molar-refractivity contribution in [2.45, 2.75) is 24.4 Å². The zero-order chi connectivity index (χ0) is 41.3. The van der Waals surface area contributed by atoms with Crippen LogP contribution >= 0.6 is 0 Å². The lowest BCUT2D eigenvalue weighted by atomic mass is 10.1. The van der Waals surface area contributed by atoms with Crippen molar-refractivity contribution in [1.82, 2.24) is 0 Å². The zero-order valence-corrected chi connectivity index (χ0v) is 30.9. The summed E-state index contributed by atoms with van der Waals surface area (Å²) in [7, 11) is 2.67. The van der Waals surface area contributed by atoms with E-state index in [1.807, 2.05) is 0 Å². The molecule has 0 aliphatic carbocycles. The third-order valence-electron chi connectivity index (χ3n) is 8.63. The first-order valence-electron chi connectivity index (χ1n) is 17.3. The van der Waals surface area contributed by atoms with Crippen LogP contribution in [0, 0.1) is 0 Å². The number of methoxy groups -OCH3 is 2. The number of carbonyl (C=O) groups excluding carboxylic acids is 6. The number of rotatable bonds is 14. The Morgan fingerprint density at radius 2 is 0.862 bits per heavy atom. The van der Waals surface area contributed by atoms with Gasteiger partial charge >= 0.3 is 35.8 Å². The van der Waals surface area contributed by atoms with Crippen molar-refractivity contribution in [1.29, 1.82) is 0 Å². The summed E-state index contributed by atoms with van der Waals surface area (Å²) in [5.74, 6) is -3.60. The number of hydrogen-bond donors (Lipinski definition) is 0. The molecule has 6 rings (SSSR count). The number of esters is 6. The highest BCUT2D eigenvalue weighted by Crippen LogP contribution is 2.34. The molecule has 0 bridgehead atoms. The van der Waals surface area contributed by atoms with Gasteiger partial charge in [0.05, 0.1) is 49.7 Å². The second kappa shape index (κ2) is 18.1. The Hall–Kier alpha value is -7.30. The Labute approximate surface area is 330 Å². The minimum absolute atomic E-state index is 0.0322. The van der Waals surface area contributed by atoms with Gasteiger partial charge in [-0.1, -0.05) is 13.2 Å².